The van der Waals surface area contributed by atoms with E-state index in [-0.39, 0.29) is 23.6 Å². The Morgan fingerprint density at radius 3 is 2.70 bits per heavy atom. The number of halogens is 1. The van der Waals surface area contributed by atoms with E-state index in [2.05, 4.69) is 5.92 Å². The Labute approximate surface area is 117 Å². The van der Waals surface area contributed by atoms with Gasteiger partial charge in [-0.25, -0.2) is 12.8 Å². The normalized spacial score (nSPS) is 20.3. The number of nitrogens with zero attached hydrogens (tertiary/aromatic N) is 1. The van der Waals surface area contributed by atoms with Gasteiger partial charge in [0.15, 0.2) is 9.84 Å². The highest BCUT2D eigenvalue weighted by molar-refractivity contribution is 7.91. The fourth-order valence-electron chi connectivity index (χ4n) is 2.28. The van der Waals surface area contributed by atoms with Crippen LogP contribution in [0.5, 0.6) is 0 Å². The van der Waals surface area contributed by atoms with Gasteiger partial charge >= 0.3 is 0 Å². The van der Waals surface area contributed by atoms with Gasteiger partial charge in [-0.3, -0.25) is 4.79 Å². The molecule has 0 radical (unpaired) electrons. The summed E-state index contributed by atoms with van der Waals surface area (Å²) in [6.45, 7) is -0.0344. The third-order valence-electron chi connectivity index (χ3n) is 3.28. The van der Waals surface area contributed by atoms with Crippen molar-refractivity contribution in [3.8, 4) is 12.3 Å². The molecule has 0 bridgehead atoms. The standard InChI is InChI=1S/C14H14FNO3S/c1-2-8-16(11-7-9-20(18,19)10-11)14(17)12-5-3-4-6-13(12)15/h1,3-6,11H,7-10H2. The van der Waals surface area contributed by atoms with Crippen LogP contribution in [0.15, 0.2) is 24.3 Å². The van der Waals surface area contributed by atoms with E-state index in [9.17, 15) is 17.6 Å². The molecule has 1 aromatic rings. The Morgan fingerprint density at radius 1 is 1.45 bits per heavy atom. The molecular formula is C14H14FNO3S. The van der Waals surface area contributed by atoms with Crippen LogP contribution in [0.2, 0.25) is 0 Å². The Balaban J connectivity index is 2.28. The minimum absolute atomic E-state index is 0.0310. The van der Waals surface area contributed by atoms with Crippen LogP contribution in [0.4, 0.5) is 4.39 Å². The first-order valence-electron chi connectivity index (χ1n) is 6.14. The molecule has 1 aliphatic rings. The number of benzene rings is 1. The van der Waals surface area contributed by atoms with Crippen LogP contribution < -0.4 is 0 Å². The van der Waals surface area contributed by atoms with E-state index in [1.165, 1.54) is 23.1 Å². The summed E-state index contributed by atoms with van der Waals surface area (Å²) in [5, 5.41) is 0. The van der Waals surface area contributed by atoms with Crippen LogP contribution in [0.1, 0.15) is 16.8 Å². The lowest BCUT2D eigenvalue weighted by Gasteiger charge is -2.26. The number of hydrogen-bond acceptors (Lipinski definition) is 3. The molecule has 6 heteroatoms. The molecule has 2 rings (SSSR count). The average molecular weight is 295 g/mol. The monoisotopic (exact) mass is 295 g/mol. The molecular weight excluding hydrogens is 281 g/mol. The van der Waals surface area contributed by atoms with Crippen molar-refractivity contribution in [2.75, 3.05) is 18.1 Å². The van der Waals surface area contributed by atoms with Gasteiger partial charge in [-0.1, -0.05) is 18.1 Å². The number of sulfone groups is 1. The second-order valence-corrected chi connectivity index (χ2v) is 6.90. The van der Waals surface area contributed by atoms with Crippen molar-refractivity contribution in [3.05, 3.63) is 35.6 Å². The molecule has 20 heavy (non-hydrogen) atoms. The quantitative estimate of drug-likeness (QED) is 0.784. The SMILES string of the molecule is C#CCN(C(=O)c1ccccc1F)C1CCS(=O)(=O)C1. The van der Waals surface area contributed by atoms with Gasteiger partial charge in [0.2, 0.25) is 0 Å². The molecule has 4 nitrogen and oxygen atoms in total. The Morgan fingerprint density at radius 2 is 2.15 bits per heavy atom. The zero-order valence-corrected chi connectivity index (χ0v) is 11.6. The number of rotatable bonds is 3. The maximum atomic E-state index is 13.7. The first kappa shape index (κ1) is 14.5. The van der Waals surface area contributed by atoms with Crippen molar-refractivity contribution in [3.63, 3.8) is 0 Å². The van der Waals surface area contributed by atoms with Gasteiger partial charge in [-0.15, -0.1) is 6.42 Å². The first-order chi connectivity index (χ1) is 9.44. The molecule has 0 N–H and O–H groups in total. The molecule has 1 fully saturated rings. The van der Waals surface area contributed by atoms with Gasteiger partial charge in [-0.2, -0.15) is 0 Å². The molecule has 0 saturated carbocycles. The number of amides is 1. The maximum absolute atomic E-state index is 13.7. The van der Waals surface area contributed by atoms with E-state index in [0.29, 0.717) is 6.42 Å². The Bertz CT molecular complexity index is 663. The van der Waals surface area contributed by atoms with Crippen molar-refractivity contribution >= 4 is 15.7 Å². The molecule has 0 spiro atoms. The molecule has 0 aromatic heterocycles. The summed E-state index contributed by atoms with van der Waals surface area (Å²) >= 11 is 0. The van der Waals surface area contributed by atoms with E-state index >= 15 is 0 Å². The third-order valence-corrected chi connectivity index (χ3v) is 5.03. The highest BCUT2D eigenvalue weighted by Gasteiger charge is 2.35. The second-order valence-electron chi connectivity index (χ2n) is 4.67. The van der Waals surface area contributed by atoms with E-state index < -0.39 is 27.6 Å². The van der Waals surface area contributed by atoms with Crippen molar-refractivity contribution in [1.82, 2.24) is 4.90 Å². The molecule has 0 aliphatic carbocycles. The van der Waals surface area contributed by atoms with Crippen LogP contribution in [0.3, 0.4) is 0 Å². The fourth-order valence-corrected chi connectivity index (χ4v) is 4.01. The number of carbonyl (C=O) groups is 1. The summed E-state index contributed by atoms with van der Waals surface area (Å²) < 4.78 is 36.7. The largest absolute Gasteiger partial charge is 0.323 e. The van der Waals surface area contributed by atoms with Crippen LogP contribution in [-0.2, 0) is 9.84 Å². The fraction of sp³-hybridized carbons (Fsp3) is 0.357. The number of carbonyl (C=O) groups excluding carboxylic acids is 1. The molecule has 1 amide bonds. The van der Waals surface area contributed by atoms with E-state index in [4.69, 9.17) is 6.42 Å². The van der Waals surface area contributed by atoms with E-state index in [0.717, 1.165) is 0 Å². The zero-order valence-electron chi connectivity index (χ0n) is 10.8. The minimum Gasteiger partial charge on any atom is -0.323 e. The summed E-state index contributed by atoms with van der Waals surface area (Å²) in [7, 11) is -3.14. The topological polar surface area (TPSA) is 54.5 Å². The average Bonchev–Trinajstić information content (AvgIpc) is 2.76. The number of terminal acetylenes is 1. The summed E-state index contributed by atoms with van der Waals surface area (Å²) in [6.07, 6.45) is 5.57. The highest BCUT2D eigenvalue weighted by atomic mass is 32.2. The summed E-state index contributed by atoms with van der Waals surface area (Å²) in [5.74, 6) is 1.04. The molecule has 1 aliphatic heterocycles. The predicted molar refractivity (Wildman–Crippen MR) is 73.3 cm³/mol. The molecule has 1 saturated heterocycles. The predicted octanol–water partition coefficient (Wildman–Crippen LogP) is 1.09. The lowest BCUT2D eigenvalue weighted by atomic mass is 10.1. The van der Waals surface area contributed by atoms with Gasteiger partial charge < -0.3 is 4.90 Å². The summed E-state index contributed by atoms with van der Waals surface area (Å²) in [5.41, 5.74) is -0.0907. The van der Waals surface area contributed by atoms with E-state index in [1.807, 2.05) is 0 Å². The highest BCUT2D eigenvalue weighted by Crippen LogP contribution is 2.20. The number of hydrogen-bond donors (Lipinski definition) is 0. The third kappa shape index (κ3) is 2.99. The Kier molecular flexibility index (Phi) is 4.09. The van der Waals surface area contributed by atoms with Gasteiger partial charge in [-0.05, 0) is 18.6 Å². The van der Waals surface area contributed by atoms with Crippen molar-refractivity contribution < 1.29 is 17.6 Å². The molecule has 1 heterocycles. The zero-order chi connectivity index (χ0) is 14.8. The summed E-state index contributed by atoms with van der Waals surface area (Å²) in [4.78, 5) is 13.6. The minimum atomic E-state index is -3.14. The summed E-state index contributed by atoms with van der Waals surface area (Å²) in [6, 6.07) is 5.10. The lowest BCUT2D eigenvalue weighted by molar-refractivity contribution is 0.0719. The van der Waals surface area contributed by atoms with Crippen molar-refractivity contribution in [2.45, 2.75) is 12.5 Å². The molecule has 1 aromatic carbocycles. The molecule has 1 unspecified atom stereocenters. The van der Waals surface area contributed by atoms with Crippen LogP contribution in [0.25, 0.3) is 0 Å². The van der Waals surface area contributed by atoms with Crippen LogP contribution in [-0.4, -0.2) is 43.3 Å². The van der Waals surface area contributed by atoms with Gasteiger partial charge in [0.05, 0.1) is 23.6 Å². The van der Waals surface area contributed by atoms with Gasteiger partial charge in [0, 0.05) is 6.04 Å². The maximum Gasteiger partial charge on any atom is 0.257 e. The van der Waals surface area contributed by atoms with E-state index in [1.54, 1.807) is 6.07 Å². The van der Waals surface area contributed by atoms with Gasteiger partial charge in [0.1, 0.15) is 5.82 Å². The van der Waals surface area contributed by atoms with Crippen LogP contribution in [0, 0.1) is 18.2 Å². The van der Waals surface area contributed by atoms with Crippen molar-refractivity contribution in [1.29, 1.82) is 0 Å². The lowest BCUT2D eigenvalue weighted by Crippen LogP contribution is -2.41. The Hall–Kier alpha value is -1.87. The first-order valence-corrected chi connectivity index (χ1v) is 7.96. The smallest absolute Gasteiger partial charge is 0.257 e. The molecule has 106 valence electrons. The second kappa shape index (κ2) is 5.63. The van der Waals surface area contributed by atoms with Crippen molar-refractivity contribution in [2.24, 2.45) is 0 Å². The van der Waals surface area contributed by atoms with Gasteiger partial charge in [0.25, 0.3) is 5.91 Å². The van der Waals surface area contributed by atoms with Crippen LogP contribution >= 0.6 is 0 Å². The molecule has 1 atom stereocenters.